The summed E-state index contributed by atoms with van der Waals surface area (Å²) in [6.45, 7) is 1.71. The van der Waals surface area contributed by atoms with Crippen molar-refractivity contribution in [2.24, 2.45) is 0 Å². The maximum atomic E-state index is 12.3. The molecule has 1 aromatic carbocycles. The van der Waals surface area contributed by atoms with E-state index >= 15 is 0 Å². The molecule has 2 aromatic rings. The van der Waals surface area contributed by atoms with E-state index in [0.717, 1.165) is 4.31 Å². The molecule has 1 unspecified atom stereocenters. The number of carbonyl (C=O) groups excluding carboxylic acids is 1. The largest absolute Gasteiger partial charge is 0.325 e. The number of nitrogens with one attached hydrogen (secondary N) is 1. The summed E-state index contributed by atoms with van der Waals surface area (Å²) in [6, 6.07) is 9.60. The Labute approximate surface area is 167 Å². The van der Waals surface area contributed by atoms with Crippen molar-refractivity contribution in [1.82, 2.24) is 9.29 Å². The maximum absolute atomic E-state index is 12.3. The summed E-state index contributed by atoms with van der Waals surface area (Å²) in [5.74, 6) is -0.271. The van der Waals surface area contributed by atoms with Crippen molar-refractivity contribution in [3.05, 3.63) is 47.1 Å². The molecule has 2 rings (SSSR count). The van der Waals surface area contributed by atoms with Gasteiger partial charge in [-0.25, -0.2) is 17.7 Å². The van der Waals surface area contributed by atoms with Gasteiger partial charge in [0.25, 0.3) is 0 Å². The molecule has 10 heteroatoms. The third kappa shape index (κ3) is 5.20. The van der Waals surface area contributed by atoms with Gasteiger partial charge in [0.2, 0.25) is 15.9 Å². The second-order valence-corrected chi connectivity index (χ2v) is 9.60. The van der Waals surface area contributed by atoms with Crippen LogP contribution < -0.4 is 5.32 Å². The first-order chi connectivity index (χ1) is 12.6. The zero-order chi connectivity index (χ0) is 20.2. The number of anilines is 1. The summed E-state index contributed by atoms with van der Waals surface area (Å²) in [5.41, 5.74) is 0.811. The van der Waals surface area contributed by atoms with Gasteiger partial charge in [-0.1, -0.05) is 23.4 Å². The lowest BCUT2D eigenvalue weighted by Crippen LogP contribution is -2.23. The van der Waals surface area contributed by atoms with E-state index in [9.17, 15) is 13.2 Å². The third-order valence-electron chi connectivity index (χ3n) is 3.51. The van der Waals surface area contributed by atoms with Crippen LogP contribution in [0.2, 0.25) is 5.02 Å². The Morgan fingerprint density at radius 1 is 1.33 bits per heavy atom. The first-order valence-electron chi connectivity index (χ1n) is 7.71. The molecule has 142 valence electrons. The molecule has 27 heavy (non-hydrogen) atoms. The first kappa shape index (κ1) is 21.2. The van der Waals surface area contributed by atoms with E-state index in [1.807, 2.05) is 6.07 Å². The molecular weight excluding hydrogens is 408 g/mol. The summed E-state index contributed by atoms with van der Waals surface area (Å²) >= 11 is 7.15. The smallest absolute Gasteiger partial charge is 0.244 e. The molecule has 0 saturated carbocycles. The van der Waals surface area contributed by atoms with Crippen molar-refractivity contribution in [1.29, 1.82) is 5.26 Å². The Kier molecular flexibility index (Phi) is 6.84. The molecule has 1 heterocycles. The number of nitrogens with zero attached hydrogens (tertiary/aromatic N) is 3. The van der Waals surface area contributed by atoms with Crippen LogP contribution in [0.4, 0.5) is 5.69 Å². The van der Waals surface area contributed by atoms with E-state index in [1.54, 1.807) is 19.1 Å². The van der Waals surface area contributed by atoms with E-state index < -0.39 is 15.3 Å². The predicted molar refractivity (Wildman–Crippen MR) is 105 cm³/mol. The topological polar surface area (TPSA) is 103 Å². The molecule has 1 atom stereocenters. The lowest BCUT2D eigenvalue weighted by atomic mass is 10.2. The SMILES string of the molecule is CC(Sc1ccc(S(=O)(=O)N(C)C)cn1)C(=O)Nc1ccc(C#N)c(Cl)c1. The number of amides is 1. The highest BCUT2D eigenvalue weighted by Gasteiger charge is 2.19. The van der Waals surface area contributed by atoms with Crippen molar-refractivity contribution in [2.75, 3.05) is 19.4 Å². The van der Waals surface area contributed by atoms with Crippen molar-refractivity contribution in [3.8, 4) is 6.07 Å². The average Bonchev–Trinajstić information content (AvgIpc) is 2.62. The van der Waals surface area contributed by atoms with E-state index in [2.05, 4.69) is 10.3 Å². The lowest BCUT2D eigenvalue weighted by Gasteiger charge is -2.13. The number of carbonyl (C=O) groups is 1. The van der Waals surface area contributed by atoms with Crippen LogP contribution in [0.25, 0.3) is 0 Å². The van der Waals surface area contributed by atoms with Crippen LogP contribution in [0, 0.1) is 11.3 Å². The standard InChI is InChI=1S/C17H17ClN4O3S2/c1-11(17(23)21-13-5-4-12(9-19)15(18)8-13)26-16-7-6-14(10-20-16)27(24,25)22(2)3/h4-8,10-11H,1-3H3,(H,21,23). The van der Waals surface area contributed by atoms with E-state index in [4.69, 9.17) is 16.9 Å². The number of sulfonamides is 1. The molecular formula is C17H17ClN4O3S2. The normalized spacial score (nSPS) is 12.4. The predicted octanol–water partition coefficient (Wildman–Crippen LogP) is 2.98. The molecule has 7 nitrogen and oxygen atoms in total. The van der Waals surface area contributed by atoms with Crippen LogP contribution in [0.3, 0.4) is 0 Å². The molecule has 0 aliphatic heterocycles. The lowest BCUT2D eigenvalue weighted by molar-refractivity contribution is -0.115. The Balaban J connectivity index is 2.04. The number of thioether (sulfide) groups is 1. The highest BCUT2D eigenvalue weighted by atomic mass is 35.5. The first-order valence-corrected chi connectivity index (χ1v) is 10.4. The van der Waals surface area contributed by atoms with Gasteiger partial charge in [0.15, 0.2) is 0 Å². The minimum Gasteiger partial charge on any atom is -0.325 e. The fourth-order valence-electron chi connectivity index (χ4n) is 1.96. The second kappa shape index (κ2) is 8.71. The number of aromatic nitrogens is 1. The third-order valence-corrected chi connectivity index (χ3v) is 6.67. The highest BCUT2D eigenvalue weighted by Crippen LogP contribution is 2.25. The van der Waals surface area contributed by atoms with Crippen LogP contribution in [0.15, 0.2) is 46.5 Å². The number of nitriles is 1. The number of pyridine rings is 1. The molecule has 1 N–H and O–H groups in total. The fourth-order valence-corrected chi connectivity index (χ4v) is 3.82. The Morgan fingerprint density at radius 2 is 2.04 bits per heavy atom. The maximum Gasteiger partial charge on any atom is 0.244 e. The van der Waals surface area contributed by atoms with Gasteiger partial charge in [-0.15, -0.1) is 0 Å². The zero-order valence-electron chi connectivity index (χ0n) is 14.8. The molecule has 0 bridgehead atoms. The minimum atomic E-state index is -3.54. The number of hydrogen-bond donors (Lipinski definition) is 1. The molecule has 0 spiro atoms. The highest BCUT2D eigenvalue weighted by molar-refractivity contribution is 8.00. The van der Waals surface area contributed by atoms with Gasteiger partial charge in [-0.3, -0.25) is 4.79 Å². The van der Waals surface area contributed by atoms with E-state index in [-0.39, 0.29) is 15.8 Å². The van der Waals surface area contributed by atoms with Gasteiger partial charge in [-0.05, 0) is 37.3 Å². The van der Waals surface area contributed by atoms with E-state index in [1.165, 1.54) is 50.3 Å². The monoisotopic (exact) mass is 424 g/mol. The fraction of sp³-hybridized carbons (Fsp3) is 0.235. The van der Waals surface area contributed by atoms with Gasteiger partial charge >= 0.3 is 0 Å². The van der Waals surface area contributed by atoms with Crippen LogP contribution in [-0.2, 0) is 14.8 Å². The Hall–Kier alpha value is -2.12. The summed E-state index contributed by atoms with van der Waals surface area (Å²) in [6.07, 6.45) is 1.27. The van der Waals surface area contributed by atoms with Crippen LogP contribution in [0.1, 0.15) is 12.5 Å². The quantitative estimate of drug-likeness (QED) is 0.715. The van der Waals surface area contributed by atoms with Crippen LogP contribution >= 0.6 is 23.4 Å². The van der Waals surface area contributed by atoms with Gasteiger partial charge in [0.1, 0.15) is 11.0 Å². The summed E-state index contributed by atoms with van der Waals surface area (Å²) in [7, 11) is -0.654. The minimum absolute atomic E-state index is 0.0844. The van der Waals surface area contributed by atoms with E-state index in [0.29, 0.717) is 16.3 Å². The molecule has 0 aliphatic carbocycles. The molecule has 1 aromatic heterocycles. The van der Waals surface area contributed by atoms with Crippen LogP contribution in [0.5, 0.6) is 0 Å². The van der Waals surface area contributed by atoms with Crippen molar-refractivity contribution >= 4 is 45.0 Å². The Bertz CT molecular complexity index is 986. The van der Waals surface area contributed by atoms with Gasteiger partial charge in [-0.2, -0.15) is 5.26 Å². The molecule has 0 radical (unpaired) electrons. The van der Waals surface area contributed by atoms with Crippen molar-refractivity contribution in [3.63, 3.8) is 0 Å². The molecule has 1 amide bonds. The zero-order valence-corrected chi connectivity index (χ0v) is 17.2. The number of rotatable bonds is 6. The number of hydrogen-bond acceptors (Lipinski definition) is 6. The number of benzene rings is 1. The summed E-state index contributed by atoms with van der Waals surface area (Å²) < 4.78 is 25.2. The van der Waals surface area contributed by atoms with Crippen molar-refractivity contribution < 1.29 is 13.2 Å². The van der Waals surface area contributed by atoms with Gasteiger partial charge in [0, 0.05) is 26.0 Å². The summed E-state index contributed by atoms with van der Waals surface area (Å²) in [4.78, 5) is 16.5. The van der Waals surface area contributed by atoms with Crippen molar-refractivity contribution in [2.45, 2.75) is 22.1 Å². The second-order valence-electron chi connectivity index (χ2n) is 5.68. The Morgan fingerprint density at radius 3 is 2.56 bits per heavy atom. The van der Waals surface area contributed by atoms with Crippen LogP contribution in [-0.4, -0.2) is 43.0 Å². The molecule has 0 saturated heterocycles. The van der Waals surface area contributed by atoms with Gasteiger partial charge < -0.3 is 5.32 Å². The number of halogens is 1. The average molecular weight is 425 g/mol. The summed E-state index contributed by atoms with van der Waals surface area (Å²) in [5, 5.41) is 11.9. The van der Waals surface area contributed by atoms with Gasteiger partial charge in [0.05, 0.1) is 20.9 Å². The molecule has 0 fully saturated rings. The molecule has 0 aliphatic rings.